The zero-order valence-electron chi connectivity index (χ0n) is 20.8. The van der Waals surface area contributed by atoms with Crippen LogP contribution in [0, 0.1) is 39.5 Å². The van der Waals surface area contributed by atoms with E-state index in [-0.39, 0.29) is 0 Å². The van der Waals surface area contributed by atoms with Crippen molar-refractivity contribution < 1.29 is 4.79 Å². The molecule has 0 spiro atoms. The molecular weight excluding hydrogens is 388 g/mol. The summed E-state index contributed by atoms with van der Waals surface area (Å²) in [5.74, 6) is 2.62. The lowest BCUT2D eigenvalue weighted by Crippen LogP contribution is -2.19. The van der Waals surface area contributed by atoms with Crippen LogP contribution in [0.3, 0.4) is 0 Å². The number of rotatable bonds is 8. The van der Waals surface area contributed by atoms with Crippen LogP contribution in [0.1, 0.15) is 109 Å². The maximum atomic E-state index is 13.6. The maximum Gasteiger partial charge on any atom is 0.134 e. The van der Waals surface area contributed by atoms with Crippen LogP contribution >= 0.6 is 0 Å². The van der Waals surface area contributed by atoms with Crippen molar-refractivity contribution in [2.24, 2.45) is 11.8 Å². The summed E-state index contributed by atoms with van der Waals surface area (Å²) in [6, 6.07) is 13.8. The number of Topliss-reactive ketones (excluding diaryl/α,β-unsaturated/α-hetero) is 1. The van der Waals surface area contributed by atoms with E-state index >= 15 is 0 Å². The van der Waals surface area contributed by atoms with Crippen molar-refractivity contribution in [3.05, 3.63) is 69.8 Å². The molecule has 2 atom stereocenters. The monoisotopic (exact) mass is 430 g/mol. The summed E-state index contributed by atoms with van der Waals surface area (Å²) in [5.41, 5.74) is 8.21. The highest BCUT2D eigenvalue weighted by molar-refractivity contribution is 5.80. The first-order chi connectivity index (χ1) is 15.4. The van der Waals surface area contributed by atoms with Gasteiger partial charge >= 0.3 is 0 Å². The molecule has 0 N–H and O–H groups in total. The molecule has 0 bridgehead atoms. The minimum Gasteiger partial charge on any atom is -0.300 e. The molecule has 0 amide bonds. The summed E-state index contributed by atoms with van der Waals surface area (Å²) < 4.78 is 0. The molecule has 2 saturated carbocycles. The summed E-state index contributed by atoms with van der Waals surface area (Å²) in [7, 11) is 0. The predicted octanol–water partition coefficient (Wildman–Crippen LogP) is 8.52. The molecule has 2 aromatic rings. The number of hydrogen-bond acceptors (Lipinski definition) is 1. The highest BCUT2D eigenvalue weighted by Gasteiger charge is 2.32. The van der Waals surface area contributed by atoms with Gasteiger partial charge in [0.05, 0.1) is 0 Å². The van der Waals surface area contributed by atoms with Gasteiger partial charge in [0.15, 0.2) is 0 Å². The lowest BCUT2D eigenvalue weighted by molar-refractivity contribution is -0.120. The fourth-order valence-corrected chi connectivity index (χ4v) is 6.40. The minimum atomic E-state index is 0.397. The maximum absolute atomic E-state index is 13.6. The molecule has 0 radical (unpaired) electrons. The summed E-state index contributed by atoms with van der Waals surface area (Å²) >= 11 is 0. The van der Waals surface area contributed by atoms with Gasteiger partial charge in [0.25, 0.3) is 0 Å². The Morgan fingerprint density at radius 1 is 0.656 bits per heavy atom. The Labute approximate surface area is 196 Å². The van der Waals surface area contributed by atoms with Gasteiger partial charge in [-0.2, -0.15) is 0 Å². The lowest BCUT2D eigenvalue weighted by Gasteiger charge is -2.27. The van der Waals surface area contributed by atoms with Crippen LogP contribution < -0.4 is 0 Å². The van der Waals surface area contributed by atoms with Crippen molar-refractivity contribution in [3.8, 4) is 0 Å². The normalized spacial score (nSPS) is 19.4. The zero-order valence-corrected chi connectivity index (χ0v) is 20.8. The molecule has 2 aliphatic carbocycles. The Hall–Kier alpha value is -1.89. The minimum absolute atomic E-state index is 0.397. The second-order valence-electron chi connectivity index (χ2n) is 10.9. The molecule has 0 saturated heterocycles. The first-order valence-electron chi connectivity index (χ1n) is 13.1. The first-order valence-corrected chi connectivity index (χ1v) is 13.1. The van der Waals surface area contributed by atoms with Gasteiger partial charge in [0, 0.05) is 12.8 Å². The molecule has 0 unspecified atom stereocenters. The number of aryl methyl sites for hydroxylation is 4. The van der Waals surface area contributed by atoms with E-state index in [2.05, 4.69) is 64.1 Å². The van der Waals surface area contributed by atoms with Crippen LogP contribution in [0.25, 0.3) is 0 Å². The van der Waals surface area contributed by atoms with E-state index < -0.39 is 0 Å². The Morgan fingerprint density at radius 3 is 1.38 bits per heavy atom. The van der Waals surface area contributed by atoms with Gasteiger partial charge in [-0.1, -0.05) is 62.1 Å². The molecule has 4 rings (SSSR count). The Bertz CT molecular complexity index is 852. The largest absolute Gasteiger partial charge is 0.300 e. The fourth-order valence-electron chi connectivity index (χ4n) is 6.40. The van der Waals surface area contributed by atoms with E-state index in [1.807, 2.05) is 0 Å². The van der Waals surface area contributed by atoms with Crippen LogP contribution in [0.2, 0.25) is 0 Å². The van der Waals surface area contributed by atoms with Crippen LogP contribution in [0.5, 0.6) is 0 Å². The van der Waals surface area contributed by atoms with Gasteiger partial charge in [-0.3, -0.25) is 4.79 Å². The molecule has 32 heavy (non-hydrogen) atoms. The average Bonchev–Trinajstić information content (AvgIpc) is 3.49. The third kappa shape index (κ3) is 5.36. The summed E-state index contributed by atoms with van der Waals surface area (Å²) in [6.45, 7) is 8.79. The van der Waals surface area contributed by atoms with Crippen molar-refractivity contribution in [1.82, 2.24) is 0 Å². The molecule has 172 valence electrons. The molecule has 1 nitrogen and oxygen atoms in total. The first kappa shape index (κ1) is 23.3. The molecule has 1 heteroatoms. The second-order valence-corrected chi connectivity index (χ2v) is 10.9. The second kappa shape index (κ2) is 10.4. The van der Waals surface area contributed by atoms with Gasteiger partial charge < -0.3 is 0 Å². The van der Waals surface area contributed by atoms with Gasteiger partial charge in [0.1, 0.15) is 5.78 Å². The SMILES string of the molecule is Cc1ccc([C@H](CC(=O)C[C@@H](c2ccc(C)c(C)c2)C2CCCC2)C2CCCC2)cc1C. The predicted molar refractivity (Wildman–Crippen MR) is 135 cm³/mol. The van der Waals surface area contributed by atoms with E-state index in [1.54, 1.807) is 0 Å². The Morgan fingerprint density at radius 2 is 1.03 bits per heavy atom. The van der Waals surface area contributed by atoms with Crippen LogP contribution in [0.15, 0.2) is 36.4 Å². The molecular formula is C31H42O. The number of ketones is 1. The number of carbonyl (C=O) groups is 1. The van der Waals surface area contributed by atoms with Crippen LogP contribution in [0.4, 0.5) is 0 Å². The van der Waals surface area contributed by atoms with Gasteiger partial charge in [0.2, 0.25) is 0 Å². The van der Waals surface area contributed by atoms with Gasteiger partial charge in [-0.25, -0.2) is 0 Å². The number of benzene rings is 2. The van der Waals surface area contributed by atoms with Crippen molar-refractivity contribution >= 4 is 5.78 Å². The van der Waals surface area contributed by atoms with Crippen LogP contribution in [-0.2, 0) is 4.79 Å². The smallest absolute Gasteiger partial charge is 0.134 e. The fraction of sp³-hybridized carbons (Fsp3) is 0.581. The quantitative estimate of drug-likeness (QED) is 0.410. The van der Waals surface area contributed by atoms with E-state index in [9.17, 15) is 4.79 Å². The highest BCUT2D eigenvalue weighted by atomic mass is 16.1. The average molecular weight is 431 g/mol. The van der Waals surface area contributed by atoms with E-state index in [0.717, 1.165) is 12.8 Å². The topological polar surface area (TPSA) is 17.1 Å². The van der Waals surface area contributed by atoms with E-state index in [1.165, 1.54) is 84.7 Å². The molecule has 0 aromatic heterocycles. The number of carbonyl (C=O) groups excluding carboxylic acids is 1. The van der Waals surface area contributed by atoms with E-state index in [4.69, 9.17) is 0 Å². The molecule has 2 fully saturated rings. The highest BCUT2D eigenvalue weighted by Crippen LogP contribution is 2.43. The van der Waals surface area contributed by atoms with Crippen molar-refractivity contribution in [1.29, 1.82) is 0 Å². The molecule has 0 heterocycles. The van der Waals surface area contributed by atoms with Gasteiger partial charge in [-0.15, -0.1) is 0 Å². The van der Waals surface area contributed by atoms with Crippen molar-refractivity contribution in [2.45, 2.75) is 104 Å². The summed E-state index contributed by atoms with van der Waals surface area (Å²) in [5, 5.41) is 0. The lowest BCUT2D eigenvalue weighted by atomic mass is 9.76. The summed E-state index contributed by atoms with van der Waals surface area (Å²) in [6.07, 6.45) is 11.9. The third-order valence-corrected chi connectivity index (χ3v) is 8.75. The standard InChI is InChI=1S/C31H42O/c1-21-13-15-27(17-23(21)3)30(25-9-5-6-10-25)19-29(32)20-31(26-11-7-8-12-26)28-16-14-22(2)24(4)18-28/h13-18,25-26,30-31H,5-12,19-20H2,1-4H3/t30-,31-/m1/s1. The molecule has 2 aliphatic rings. The van der Waals surface area contributed by atoms with Crippen LogP contribution in [-0.4, -0.2) is 5.78 Å². The molecule has 0 aliphatic heterocycles. The Kier molecular flexibility index (Phi) is 7.54. The molecule has 2 aromatic carbocycles. The Balaban J connectivity index is 1.55. The van der Waals surface area contributed by atoms with Crippen molar-refractivity contribution in [2.75, 3.05) is 0 Å². The van der Waals surface area contributed by atoms with Crippen molar-refractivity contribution in [3.63, 3.8) is 0 Å². The number of hydrogen-bond donors (Lipinski definition) is 0. The summed E-state index contributed by atoms with van der Waals surface area (Å²) in [4.78, 5) is 13.6. The zero-order chi connectivity index (χ0) is 22.7. The van der Waals surface area contributed by atoms with Gasteiger partial charge in [-0.05, 0) is 110 Å². The third-order valence-electron chi connectivity index (χ3n) is 8.75. The van der Waals surface area contributed by atoms with E-state index in [0.29, 0.717) is 29.5 Å².